The number of hydrogen-bond donors (Lipinski definition) is 1. The van der Waals surface area contributed by atoms with E-state index in [1.807, 2.05) is 30.3 Å². The minimum atomic E-state index is -3.62. The maximum atomic E-state index is 12.8. The second-order valence-electron chi connectivity index (χ2n) is 5.67. The quantitative estimate of drug-likeness (QED) is 0.718. The SMILES string of the molecule is O=S(=O)(Nc1ccc(Br)cc1)c1ccc2c3c(cccc13)CC2. The van der Waals surface area contributed by atoms with E-state index in [0.717, 1.165) is 28.1 Å². The van der Waals surface area contributed by atoms with Crippen molar-refractivity contribution in [3.8, 4) is 0 Å². The first-order chi connectivity index (χ1) is 11.0. The Kier molecular flexibility index (Phi) is 3.43. The third-order valence-corrected chi connectivity index (χ3v) is 6.19. The molecule has 3 nitrogen and oxygen atoms in total. The summed E-state index contributed by atoms with van der Waals surface area (Å²) >= 11 is 3.35. The molecule has 0 aromatic heterocycles. The minimum absolute atomic E-state index is 0.336. The number of hydrogen-bond acceptors (Lipinski definition) is 2. The van der Waals surface area contributed by atoms with E-state index in [2.05, 4.69) is 26.7 Å². The van der Waals surface area contributed by atoms with Gasteiger partial charge in [-0.3, -0.25) is 4.72 Å². The number of sulfonamides is 1. The molecule has 0 unspecified atom stereocenters. The highest BCUT2D eigenvalue weighted by atomic mass is 79.9. The Labute approximate surface area is 143 Å². The zero-order chi connectivity index (χ0) is 16.0. The van der Waals surface area contributed by atoms with Crippen LogP contribution in [0.15, 0.2) is 64.0 Å². The molecule has 0 radical (unpaired) electrons. The Morgan fingerprint density at radius 3 is 2.30 bits per heavy atom. The van der Waals surface area contributed by atoms with Gasteiger partial charge in [-0.25, -0.2) is 8.42 Å². The number of nitrogens with one attached hydrogen (secondary N) is 1. The Morgan fingerprint density at radius 2 is 1.57 bits per heavy atom. The molecular weight excluding hydrogens is 374 g/mol. The first-order valence-corrected chi connectivity index (χ1v) is 9.64. The predicted octanol–water partition coefficient (Wildman–Crippen LogP) is 4.50. The molecule has 1 aliphatic rings. The van der Waals surface area contributed by atoms with E-state index in [4.69, 9.17) is 0 Å². The monoisotopic (exact) mass is 387 g/mol. The number of halogens is 1. The summed E-state index contributed by atoms with van der Waals surface area (Å²) in [5, 5.41) is 1.91. The molecule has 0 saturated carbocycles. The van der Waals surface area contributed by atoms with Crippen molar-refractivity contribution in [1.82, 2.24) is 0 Å². The van der Waals surface area contributed by atoms with Gasteiger partial charge in [-0.05, 0) is 59.7 Å². The Morgan fingerprint density at radius 1 is 0.870 bits per heavy atom. The number of rotatable bonds is 3. The van der Waals surface area contributed by atoms with Crippen molar-refractivity contribution in [2.75, 3.05) is 4.72 Å². The van der Waals surface area contributed by atoms with Gasteiger partial charge in [0.1, 0.15) is 0 Å². The standard InChI is InChI=1S/C18H14BrNO2S/c19-14-7-9-15(10-8-14)20-23(21,22)17-11-6-13-5-4-12-2-1-3-16(17)18(12)13/h1-3,6-11,20H,4-5H2. The van der Waals surface area contributed by atoms with Crippen LogP contribution in [0.2, 0.25) is 0 Å². The molecule has 0 aliphatic heterocycles. The number of benzene rings is 3. The fourth-order valence-electron chi connectivity index (χ4n) is 3.18. The number of anilines is 1. The molecule has 0 fully saturated rings. The molecule has 4 rings (SSSR count). The van der Waals surface area contributed by atoms with Gasteiger partial charge < -0.3 is 0 Å². The average molecular weight is 388 g/mol. The van der Waals surface area contributed by atoms with Crippen molar-refractivity contribution in [1.29, 1.82) is 0 Å². The average Bonchev–Trinajstić information content (AvgIpc) is 2.95. The second kappa shape index (κ2) is 5.35. The Hall–Kier alpha value is -1.85. The van der Waals surface area contributed by atoms with Crippen molar-refractivity contribution in [3.63, 3.8) is 0 Å². The van der Waals surface area contributed by atoms with E-state index in [1.54, 1.807) is 18.2 Å². The highest BCUT2D eigenvalue weighted by molar-refractivity contribution is 9.10. The summed E-state index contributed by atoms with van der Waals surface area (Å²) in [4.78, 5) is 0.336. The van der Waals surface area contributed by atoms with Crippen LogP contribution < -0.4 is 4.72 Å². The van der Waals surface area contributed by atoms with Gasteiger partial charge in [-0.15, -0.1) is 0 Å². The third kappa shape index (κ3) is 2.54. The van der Waals surface area contributed by atoms with E-state index < -0.39 is 10.0 Å². The third-order valence-electron chi connectivity index (χ3n) is 4.22. The lowest BCUT2D eigenvalue weighted by Crippen LogP contribution is -2.13. The Balaban J connectivity index is 1.84. The normalized spacial score (nSPS) is 13.4. The van der Waals surface area contributed by atoms with Crippen molar-refractivity contribution in [2.45, 2.75) is 17.7 Å². The van der Waals surface area contributed by atoms with Crippen LogP contribution in [0.3, 0.4) is 0 Å². The zero-order valence-electron chi connectivity index (χ0n) is 12.2. The van der Waals surface area contributed by atoms with E-state index >= 15 is 0 Å². The van der Waals surface area contributed by atoms with E-state index in [0.29, 0.717) is 10.6 Å². The summed E-state index contributed by atoms with van der Waals surface area (Å²) in [7, 11) is -3.62. The molecule has 23 heavy (non-hydrogen) atoms. The minimum Gasteiger partial charge on any atom is -0.280 e. The lowest BCUT2D eigenvalue weighted by molar-refractivity contribution is 0.602. The maximum Gasteiger partial charge on any atom is 0.262 e. The first-order valence-electron chi connectivity index (χ1n) is 7.36. The van der Waals surface area contributed by atoms with Gasteiger partial charge >= 0.3 is 0 Å². The summed E-state index contributed by atoms with van der Waals surface area (Å²) < 4.78 is 29.2. The first kappa shape index (κ1) is 14.7. The van der Waals surface area contributed by atoms with Crippen LogP contribution in [0.5, 0.6) is 0 Å². The molecule has 1 aliphatic carbocycles. The largest absolute Gasteiger partial charge is 0.280 e. The van der Waals surface area contributed by atoms with Crippen LogP contribution in [0.4, 0.5) is 5.69 Å². The summed E-state index contributed by atoms with van der Waals surface area (Å²) in [6, 6.07) is 16.7. The van der Waals surface area contributed by atoms with Gasteiger partial charge in [0.25, 0.3) is 10.0 Å². The number of aryl methyl sites for hydroxylation is 2. The van der Waals surface area contributed by atoms with Crippen LogP contribution in [-0.4, -0.2) is 8.42 Å². The lowest BCUT2D eigenvalue weighted by Gasteiger charge is -2.12. The van der Waals surface area contributed by atoms with Crippen LogP contribution >= 0.6 is 15.9 Å². The lowest BCUT2D eigenvalue weighted by atomic mass is 10.1. The molecule has 5 heteroatoms. The summed E-state index contributed by atoms with van der Waals surface area (Å²) in [5.74, 6) is 0. The Bertz CT molecular complexity index is 1000. The smallest absolute Gasteiger partial charge is 0.262 e. The van der Waals surface area contributed by atoms with Gasteiger partial charge in [0.05, 0.1) is 4.90 Å². The zero-order valence-corrected chi connectivity index (χ0v) is 14.6. The van der Waals surface area contributed by atoms with Crippen molar-refractivity contribution in [3.05, 3.63) is 70.2 Å². The van der Waals surface area contributed by atoms with Gasteiger partial charge in [0.15, 0.2) is 0 Å². The summed E-state index contributed by atoms with van der Waals surface area (Å²) in [6.07, 6.45) is 1.96. The molecule has 0 saturated heterocycles. The van der Waals surface area contributed by atoms with E-state index in [1.165, 1.54) is 11.1 Å². The van der Waals surface area contributed by atoms with Crippen molar-refractivity contribution in [2.24, 2.45) is 0 Å². The van der Waals surface area contributed by atoms with Crippen LogP contribution in [0.1, 0.15) is 11.1 Å². The molecule has 0 atom stereocenters. The fraction of sp³-hybridized carbons (Fsp3) is 0.111. The molecule has 0 amide bonds. The van der Waals surface area contributed by atoms with Gasteiger partial charge in [-0.2, -0.15) is 0 Å². The predicted molar refractivity (Wildman–Crippen MR) is 96.3 cm³/mol. The van der Waals surface area contributed by atoms with E-state index in [9.17, 15) is 8.42 Å². The molecular formula is C18H14BrNO2S. The van der Waals surface area contributed by atoms with Gasteiger partial charge in [-0.1, -0.05) is 40.2 Å². The molecule has 116 valence electrons. The molecule has 0 spiro atoms. The molecule has 3 aromatic rings. The molecule has 0 bridgehead atoms. The van der Waals surface area contributed by atoms with Crippen LogP contribution in [-0.2, 0) is 22.9 Å². The van der Waals surface area contributed by atoms with Crippen molar-refractivity contribution >= 4 is 42.4 Å². The van der Waals surface area contributed by atoms with Gasteiger partial charge in [0, 0.05) is 15.5 Å². The molecule has 1 N–H and O–H groups in total. The molecule has 0 heterocycles. The highest BCUT2D eigenvalue weighted by Crippen LogP contribution is 2.35. The summed E-state index contributed by atoms with van der Waals surface area (Å²) in [6.45, 7) is 0. The van der Waals surface area contributed by atoms with E-state index in [-0.39, 0.29) is 0 Å². The fourth-order valence-corrected chi connectivity index (χ4v) is 4.71. The van der Waals surface area contributed by atoms with Crippen molar-refractivity contribution < 1.29 is 8.42 Å². The second-order valence-corrected chi connectivity index (χ2v) is 8.24. The van der Waals surface area contributed by atoms with Gasteiger partial charge in [0.2, 0.25) is 0 Å². The summed E-state index contributed by atoms with van der Waals surface area (Å²) in [5.41, 5.74) is 3.02. The molecule has 3 aromatic carbocycles. The van der Waals surface area contributed by atoms with Crippen LogP contribution in [0, 0.1) is 0 Å². The highest BCUT2D eigenvalue weighted by Gasteiger charge is 2.22. The topological polar surface area (TPSA) is 46.2 Å². The van der Waals surface area contributed by atoms with Crippen LogP contribution in [0.25, 0.3) is 10.8 Å². The maximum absolute atomic E-state index is 12.8.